The molecule has 1 atom stereocenters. The van der Waals surface area contributed by atoms with E-state index in [4.69, 9.17) is 11.5 Å². The van der Waals surface area contributed by atoms with Crippen molar-refractivity contribution in [2.45, 2.75) is 6.10 Å². The van der Waals surface area contributed by atoms with Crippen LogP contribution in [0, 0.1) is 0 Å². The molecule has 0 fully saturated rings. The van der Waals surface area contributed by atoms with Gasteiger partial charge in [-0.15, -0.1) is 0 Å². The van der Waals surface area contributed by atoms with E-state index in [9.17, 15) is 5.11 Å². The normalized spacial score (nSPS) is 12.3. The van der Waals surface area contributed by atoms with Gasteiger partial charge in [0.15, 0.2) is 0 Å². The topological polar surface area (TPSA) is 85.2 Å². The monoisotopic (exact) mass is 215 g/mol. The number of aliphatic hydroxyl groups is 1. The number of anilines is 2. The fraction of sp³-hybridized carbons (Fsp3) is 0.0833. The molecule has 5 N–H and O–H groups in total. The van der Waals surface area contributed by atoms with Gasteiger partial charge >= 0.3 is 0 Å². The highest BCUT2D eigenvalue weighted by Crippen LogP contribution is 2.25. The minimum atomic E-state index is -0.769. The van der Waals surface area contributed by atoms with Crippen LogP contribution >= 0.6 is 0 Å². The van der Waals surface area contributed by atoms with Crippen LogP contribution in [0.3, 0.4) is 0 Å². The Morgan fingerprint density at radius 3 is 2.38 bits per heavy atom. The van der Waals surface area contributed by atoms with E-state index >= 15 is 0 Å². The molecule has 4 nitrogen and oxygen atoms in total. The number of benzene rings is 1. The first kappa shape index (κ1) is 10.4. The van der Waals surface area contributed by atoms with Crippen LogP contribution in [0.5, 0.6) is 0 Å². The number of hydrogen-bond donors (Lipinski definition) is 3. The Kier molecular flexibility index (Phi) is 2.74. The summed E-state index contributed by atoms with van der Waals surface area (Å²) < 4.78 is 0. The van der Waals surface area contributed by atoms with Gasteiger partial charge in [-0.05, 0) is 23.8 Å². The van der Waals surface area contributed by atoms with Crippen molar-refractivity contribution in [3.63, 3.8) is 0 Å². The van der Waals surface area contributed by atoms with E-state index in [0.717, 1.165) is 5.56 Å². The molecule has 1 heterocycles. The maximum absolute atomic E-state index is 10.1. The number of aromatic nitrogens is 1. The molecule has 1 aromatic carbocycles. The Bertz CT molecular complexity index is 482. The summed E-state index contributed by atoms with van der Waals surface area (Å²) >= 11 is 0. The van der Waals surface area contributed by atoms with Crippen molar-refractivity contribution in [3.05, 3.63) is 53.7 Å². The zero-order valence-corrected chi connectivity index (χ0v) is 8.67. The van der Waals surface area contributed by atoms with E-state index in [0.29, 0.717) is 17.1 Å². The van der Waals surface area contributed by atoms with Crippen LogP contribution in [-0.4, -0.2) is 10.1 Å². The Labute approximate surface area is 93.5 Å². The van der Waals surface area contributed by atoms with Gasteiger partial charge in [0, 0.05) is 17.4 Å². The van der Waals surface area contributed by atoms with E-state index in [2.05, 4.69) is 4.98 Å². The zero-order chi connectivity index (χ0) is 11.5. The largest absolute Gasteiger partial charge is 0.399 e. The predicted molar refractivity (Wildman–Crippen MR) is 63.6 cm³/mol. The van der Waals surface area contributed by atoms with Gasteiger partial charge in [-0.3, -0.25) is 0 Å². The molecular weight excluding hydrogens is 202 g/mol. The average molecular weight is 215 g/mol. The third kappa shape index (κ3) is 1.97. The maximum Gasteiger partial charge on any atom is 0.129 e. The molecule has 2 rings (SSSR count). The van der Waals surface area contributed by atoms with Crippen molar-refractivity contribution in [2.75, 3.05) is 11.5 Å². The van der Waals surface area contributed by atoms with Crippen molar-refractivity contribution in [2.24, 2.45) is 0 Å². The summed E-state index contributed by atoms with van der Waals surface area (Å²) in [5.41, 5.74) is 13.3. The number of aliphatic hydroxyl groups excluding tert-OH is 1. The van der Waals surface area contributed by atoms with Gasteiger partial charge in [0.05, 0.1) is 0 Å². The molecule has 0 aliphatic carbocycles. The Hall–Kier alpha value is -2.07. The van der Waals surface area contributed by atoms with Crippen molar-refractivity contribution < 1.29 is 5.11 Å². The summed E-state index contributed by atoms with van der Waals surface area (Å²) in [4.78, 5) is 3.94. The molecule has 0 aliphatic heterocycles. The molecule has 2 aromatic rings. The molecule has 0 spiro atoms. The molecule has 0 amide bonds. The van der Waals surface area contributed by atoms with Crippen molar-refractivity contribution in [3.8, 4) is 0 Å². The predicted octanol–water partition coefficient (Wildman–Crippen LogP) is 1.33. The summed E-state index contributed by atoms with van der Waals surface area (Å²) in [6.45, 7) is 0. The smallest absolute Gasteiger partial charge is 0.129 e. The Balaban J connectivity index is 2.35. The lowest BCUT2D eigenvalue weighted by atomic mass is 10.0. The Morgan fingerprint density at radius 2 is 1.75 bits per heavy atom. The molecule has 1 aromatic heterocycles. The first-order chi connectivity index (χ1) is 7.68. The van der Waals surface area contributed by atoms with E-state index < -0.39 is 6.10 Å². The van der Waals surface area contributed by atoms with Crippen molar-refractivity contribution in [1.29, 1.82) is 0 Å². The summed E-state index contributed by atoms with van der Waals surface area (Å²) in [6.07, 6.45) is 0.823. The van der Waals surface area contributed by atoms with Crippen LogP contribution in [-0.2, 0) is 0 Å². The number of rotatable bonds is 2. The van der Waals surface area contributed by atoms with Crippen LogP contribution in [0.4, 0.5) is 11.5 Å². The van der Waals surface area contributed by atoms with Gasteiger partial charge in [-0.25, -0.2) is 4.98 Å². The molecule has 82 valence electrons. The second-order valence-corrected chi connectivity index (χ2v) is 3.55. The standard InChI is InChI=1S/C12H13N3O/c13-9-5-3-8(4-6-9)11(16)10-2-1-7-15-12(10)14/h1-7,11,16H,13H2,(H2,14,15). The first-order valence-corrected chi connectivity index (χ1v) is 4.92. The highest BCUT2D eigenvalue weighted by molar-refractivity contribution is 5.46. The second kappa shape index (κ2) is 4.20. The van der Waals surface area contributed by atoms with E-state index in [1.54, 1.807) is 42.6 Å². The van der Waals surface area contributed by atoms with Crippen LogP contribution in [0.1, 0.15) is 17.2 Å². The number of pyridine rings is 1. The minimum Gasteiger partial charge on any atom is -0.399 e. The molecule has 0 radical (unpaired) electrons. The highest BCUT2D eigenvalue weighted by atomic mass is 16.3. The lowest BCUT2D eigenvalue weighted by Crippen LogP contribution is -2.05. The summed E-state index contributed by atoms with van der Waals surface area (Å²) in [6, 6.07) is 10.5. The molecule has 0 saturated heterocycles. The lowest BCUT2D eigenvalue weighted by Gasteiger charge is -2.12. The fourth-order valence-corrected chi connectivity index (χ4v) is 1.52. The zero-order valence-electron chi connectivity index (χ0n) is 8.67. The Morgan fingerprint density at radius 1 is 1.06 bits per heavy atom. The van der Waals surface area contributed by atoms with Gasteiger partial charge < -0.3 is 16.6 Å². The molecule has 1 unspecified atom stereocenters. The summed E-state index contributed by atoms with van der Waals surface area (Å²) in [5.74, 6) is 0.340. The summed E-state index contributed by atoms with van der Waals surface area (Å²) in [5, 5.41) is 10.1. The first-order valence-electron chi connectivity index (χ1n) is 4.92. The number of hydrogen-bond acceptors (Lipinski definition) is 4. The number of nitrogen functional groups attached to an aromatic ring is 2. The van der Waals surface area contributed by atoms with Gasteiger partial charge in [0.2, 0.25) is 0 Å². The quantitative estimate of drug-likeness (QED) is 0.660. The molecule has 4 heteroatoms. The molecular formula is C12H13N3O. The number of nitrogens with zero attached hydrogens (tertiary/aromatic N) is 1. The van der Waals surface area contributed by atoms with Crippen LogP contribution in [0.2, 0.25) is 0 Å². The van der Waals surface area contributed by atoms with E-state index in [1.807, 2.05) is 0 Å². The summed E-state index contributed by atoms with van der Waals surface area (Å²) in [7, 11) is 0. The van der Waals surface area contributed by atoms with Crippen LogP contribution in [0.25, 0.3) is 0 Å². The molecule has 16 heavy (non-hydrogen) atoms. The molecule has 0 bridgehead atoms. The lowest BCUT2D eigenvalue weighted by molar-refractivity contribution is 0.221. The molecule has 0 aliphatic rings. The number of nitrogens with two attached hydrogens (primary N) is 2. The second-order valence-electron chi connectivity index (χ2n) is 3.55. The van der Waals surface area contributed by atoms with E-state index in [-0.39, 0.29) is 0 Å². The van der Waals surface area contributed by atoms with Crippen molar-refractivity contribution >= 4 is 11.5 Å². The van der Waals surface area contributed by atoms with Gasteiger partial charge in [0.1, 0.15) is 11.9 Å². The third-order valence-electron chi connectivity index (χ3n) is 2.42. The minimum absolute atomic E-state index is 0.340. The molecule has 0 saturated carbocycles. The highest BCUT2D eigenvalue weighted by Gasteiger charge is 2.13. The van der Waals surface area contributed by atoms with E-state index in [1.165, 1.54) is 0 Å². The average Bonchev–Trinajstić information content (AvgIpc) is 2.30. The van der Waals surface area contributed by atoms with Crippen LogP contribution < -0.4 is 11.5 Å². The fourth-order valence-electron chi connectivity index (χ4n) is 1.52. The van der Waals surface area contributed by atoms with Crippen molar-refractivity contribution in [1.82, 2.24) is 4.98 Å². The van der Waals surface area contributed by atoms with Crippen LogP contribution in [0.15, 0.2) is 42.6 Å². The van der Waals surface area contributed by atoms with Gasteiger partial charge in [-0.1, -0.05) is 18.2 Å². The SMILES string of the molecule is Nc1ccc(C(O)c2cccnc2N)cc1. The third-order valence-corrected chi connectivity index (χ3v) is 2.42. The maximum atomic E-state index is 10.1. The van der Waals surface area contributed by atoms with Gasteiger partial charge in [-0.2, -0.15) is 0 Å². The van der Waals surface area contributed by atoms with Gasteiger partial charge in [0.25, 0.3) is 0 Å².